The Kier molecular flexibility index (Phi) is 9.86. The van der Waals surface area contributed by atoms with Crippen LogP contribution in [0.3, 0.4) is 0 Å². The summed E-state index contributed by atoms with van der Waals surface area (Å²) < 4.78 is 0. The molecule has 4 amide bonds. The minimum atomic E-state index is -1.42. The lowest BCUT2D eigenvalue weighted by Gasteiger charge is -2.27. The van der Waals surface area contributed by atoms with Gasteiger partial charge in [-0.2, -0.15) is 0 Å². The van der Waals surface area contributed by atoms with E-state index < -0.39 is 66.2 Å². The quantitative estimate of drug-likeness (QED) is 0.187. The highest BCUT2D eigenvalue weighted by Gasteiger charge is 2.37. The Morgan fingerprint density at radius 1 is 1.06 bits per heavy atom. The fourth-order valence-electron chi connectivity index (χ4n) is 3.13. The molecule has 0 aliphatic carbocycles. The molecule has 0 radical (unpaired) electrons. The molecule has 1 rings (SSSR count). The molecule has 4 unspecified atom stereocenters. The summed E-state index contributed by atoms with van der Waals surface area (Å²) in [5.74, 6) is -5.11. The summed E-state index contributed by atoms with van der Waals surface area (Å²) in [5.41, 5.74) is 10.9. The molecule has 31 heavy (non-hydrogen) atoms. The number of nitrogens with one attached hydrogen (secondary N) is 2. The highest BCUT2D eigenvalue weighted by molar-refractivity contribution is 5.94. The van der Waals surface area contributed by atoms with E-state index in [-0.39, 0.29) is 25.8 Å². The van der Waals surface area contributed by atoms with Crippen molar-refractivity contribution in [1.29, 1.82) is 0 Å². The van der Waals surface area contributed by atoms with E-state index in [2.05, 4.69) is 10.6 Å². The largest absolute Gasteiger partial charge is 0.481 e. The maximum Gasteiger partial charge on any atom is 0.326 e. The summed E-state index contributed by atoms with van der Waals surface area (Å²) in [6.07, 6.45) is 0.110. The van der Waals surface area contributed by atoms with Gasteiger partial charge in [-0.25, -0.2) is 4.79 Å². The number of hydrogen-bond donors (Lipinski definition) is 6. The van der Waals surface area contributed by atoms with E-state index in [1.807, 2.05) is 0 Å². The zero-order valence-electron chi connectivity index (χ0n) is 17.2. The van der Waals surface area contributed by atoms with Gasteiger partial charge in [-0.05, 0) is 32.6 Å². The maximum absolute atomic E-state index is 12.6. The lowest BCUT2D eigenvalue weighted by Crippen LogP contribution is -2.55. The normalized spacial score (nSPS) is 18.5. The van der Waals surface area contributed by atoms with Crippen LogP contribution in [-0.4, -0.2) is 81.4 Å². The van der Waals surface area contributed by atoms with Gasteiger partial charge >= 0.3 is 11.9 Å². The van der Waals surface area contributed by atoms with Gasteiger partial charge in [0.2, 0.25) is 23.6 Å². The number of rotatable bonds is 12. The molecule has 0 saturated carbocycles. The first-order valence-corrected chi connectivity index (χ1v) is 9.83. The highest BCUT2D eigenvalue weighted by Crippen LogP contribution is 2.19. The molecular weight excluding hydrogens is 414 g/mol. The first-order chi connectivity index (χ1) is 14.4. The molecule has 0 aromatic rings. The first-order valence-electron chi connectivity index (χ1n) is 9.83. The van der Waals surface area contributed by atoms with E-state index in [9.17, 15) is 28.8 Å². The Balaban J connectivity index is 2.67. The number of aliphatic carboxylic acids is 2. The molecule has 13 nitrogen and oxygen atoms in total. The zero-order chi connectivity index (χ0) is 23.7. The van der Waals surface area contributed by atoms with Crippen molar-refractivity contribution >= 4 is 35.6 Å². The lowest BCUT2D eigenvalue weighted by molar-refractivity contribution is -0.144. The monoisotopic (exact) mass is 443 g/mol. The summed E-state index contributed by atoms with van der Waals surface area (Å²) in [5, 5.41) is 22.4. The number of hydrogen-bond acceptors (Lipinski definition) is 7. The van der Waals surface area contributed by atoms with Crippen molar-refractivity contribution in [3.63, 3.8) is 0 Å². The average molecular weight is 443 g/mol. The number of nitrogens with zero attached hydrogens (tertiary/aromatic N) is 1. The van der Waals surface area contributed by atoms with Gasteiger partial charge in [-0.1, -0.05) is 0 Å². The maximum atomic E-state index is 12.6. The van der Waals surface area contributed by atoms with E-state index >= 15 is 0 Å². The zero-order valence-corrected chi connectivity index (χ0v) is 17.2. The fourth-order valence-corrected chi connectivity index (χ4v) is 3.13. The molecule has 8 N–H and O–H groups in total. The summed E-state index contributed by atoms with van der Waals surface area (Å²) >= 11 is 0. The SMILES string of the molecule is CC(NC(=O)C1CCCN1C(=O)C(N)CCC(N)=O)C(=O)NC(CCC(=O)O)C(=O)O. The van der Waals surface area contributed by atoms with Crippen molar-refractivity contribution in [2.45, 2.75) is 69.6 Å². The van der Waals surface area contributed by atoms with Crippen molar-refractivity contribution in [3.8, 4) is 0 Å². The van der Waals surface area contributed by atoms with Crippen molar-refractivity contribution in [2.75, 3.05) is 6.54 Å². The van der Waals surface area contributed by atoms with Gasteiger partial charge in [0.1, 0.15) is 18.1 Å². The van der Waals surface area contributed by atoms with E-state index in [1.54, 1.807) is 0 Å². The van der Waals surface area contributed by atoms with Gasteiger partial charge in [-0.15, -0.1) is 0 Å². The van der Waals surface area contributed by atoms with Crippen LogP contribution in [0.5, 0.6) is 0 Å². The molecule has 13 heteroatoms. The number of primary amides is 1. The molecule has 1 saturated heterocycles. The van der Waals surface area contributed by atoms with Gasteiger partial charge in [0.25, 0.3) is 0 Å². The molecule has 0 spiro atoms. The average Bonchev–Trinajstić information content (AvgIpc) is 3.17. The van der Waals surface area contributed by atoms with Crippen molar-refractivity contribution in [2.24, 2.45) is 11.5 Å². The number of carboxylic acids is 2. The molecule has 1 aliphatic rings. The Morgan fingerprint density at radius 2 is 1.71 bits per heavy atom. The Morgan fingerprint density at radius 3 is 2.26 bits per heavy atom. The predicted octanol–water partition coefficient (Wildman–Crippen LogP) is -2.49. The summed E-state index contributed by atoms with van der Waals surface area (Å²) in [7, 11) is 0. The molecule has 1 heterocycles. The number of carbonyl (C=O) groups excluding carboxylic acids is 4. The van der Waals surface area contributed by atoms with Crippen LogP contribution < -0.4 is 22.1 Å². The van der Waals surface area contributed by atoms with Crippen molar-refractivity contribution in [3.05, 3.63) is 0 Å². The van der Waals surface area contributed by atoms with Gasteiger partial charge in [0.15, 0.2) is 0 Å². The van der Waals surface area contributed by atoms with Crippen LogP contribution >= 0.6 is 0 Å². The molecule has 1 aliphatic heterocycles. The van der Waals surface area contributed by atoms with Crippen LogP contribution in [0.4, 0.5) is 0 Å². The van der Waals surface area contributed by atoms with Gasteiger partial charge in [0, 0.05) is 19.4 Å². The molecular formula is C18H29N5O8. The molecule has 0 aromatic carbocycles. The van der Waals surface area contributed by atoms with Crippen molar-refractivity contribution in [1.82, 2.24) is 15.5 Å². The standard InChI is InChI=1S/C18H29N5O8/c1-9(15(27)22-11(18(30)31)5-7-14(25)26)21-16(28)12-3-2-8-23(12)17(29)10(19)4-6-13(20)24/h9-12H,2-8,19H2,1H3,(H2,20,24)(H,21,28)(H,22,27)(H,25,26)(H,30,31). The summed E-state index contributed by atoms with van der Waals surface area (Å²) in [6.45, 7) is 1.63. The van der Waals surface area contributed by atoms with Crippen LogP contribution in [0.15, 0.2) is 0 Å². The second-order valence-corrected chi connectivity index (χ2v) is 7.36. The molecule has 0 aromatic heterocycles. The van der Waals surface area contributed by atoms with Crippen LogP contribution in [0.2, 0.25) is 0 Å². The van der Waals surface area contributed by atoms with Crippen LogP contribution in [-0.2, 0) is 28.8 Å². The Bertz CT molecular complexity index is 728. The van der Waals surface area contributed by atoms with Crippen LogP contribution in [0.25, 0.3) is 0 Å². The lowest BCUT2D eigenvalue weighted by atomic mass is 10.1. The number of likely N-dealkylation sites (tertiary alicyclic amines) is 1. The highest BCUT2D eigenvalue weighted by atomic mass is 16.4. The van der Waals surface area contributed by atoms with E-state index in [1.165, 1.54) is 11.8 Å². The third-order valence-corrected chi connectivity index (χ3v) is 4.87. The second kappa shape index (κ2) is 11.8. The van der Waals surface area contributed by atoms with Crippen LogP contribution in [0, 0.1) is 0 Å². The van der Waals surface area contributed by atoms with E-state index in [0.717, 1.165) is 0 Å². The van der Waals surface area contributed by atoms with Crippen molar-refractivity contribution < 1.29 is 39.0 Å². The molecule has 174 valence electrons. The number of carboxylic acid groups (broad SMARTS) is 2. The fraction of sp³-hybridized carbons (Fsp3) is 0.667. The van der Waals surface area contributed by atoms with Gasteiger partial charge < -0.3 is 37.2 Å². The third kappa shape index (κ3) is 8.20. The molecule has 1 fully saturated rings. The second-order valence-electron chi connectivity index (χ2n) is 7.36. The third-order valence-electron chi connectivity index (χ3n) is 4.87. The number of carbonyl (C=O) groups is 6. The van der Waals surface area contributed by atoms with E-state index in [0.29, 0.717) is 12.8 Å². The summed E-state index contributed by atoms with van der Waals surface area (Å²) in [6, 6.07) is -4.40. The summed E-state index contributed by atoms with van der Waals surface area (Å²) in [4.78, 5) is 71.3. The minimum Gasteiger partial charge on any atom is -0.481 e. The smallest absolute Gasteiger partial charge is 0.326 e. The van der Waals surface area contributed by atoms with Gasteiger partial charge in [0.05, 0.1) is 6.04 Å². The minimum absolute atomic E-state index is 0.0464. The Labute approximate surface area is 178 Å². The van der Waals surface area contributed by atoms with Crippen LogP contribution in [0.1, 0.15) is 45.4 Å². The predicted molar refractivity (Wildman–Crippen MR) is 105 cm³/mol. The number of amides is 4. The number of nitrogens with two attached hydrogens (primary N) is 2. The molecule has 4 atom stereocenters. The van der Waals surface area contributed by atoms with Gasteiger partial charge in [-0.3, -0.25) is 24.0 Å². The Hall–Kier alpha value is -3.22. The topological polar surface area (TPSA) is 222 Å². The van der Waals surface area contributed by atoms with E-state index in [4.69, 9.17) is 21.7 Å². The first kappa shape index (κ1) is 25.8. The molecule has 0 bridgehead atoms.